The molecule has 0 radical (unpaired) electrons. The summed E-state index contributed by atoms with van der Waals surface area (Å²) in [6.45, 7) is 2.34. The van der Waals surface area contributed by atoms with Crippen molar-refractivity contribution in [2.45, 2.75) is 38.6 Å². The van der Waals surface area contributed by atoms with Gasteiger partial charge in [-0.1, -0.05) is 13.0 Å². The maximum absolute atomic E-state index is 5.23. The third kappa shape index (κ3) is 2.95. The van der Waals surface area contributed by atoms with Gasteiger partial charge < -0.3 is 9.73 Å². The van der Waals surface area contributed by atoms with Crippen molar-refractivity contribution in [1.29, 1.82) is 0 Å². The molecule has 1 heterocycles. The lowest BCUT2D eigenvalue weighted by Gasteiger charge is -2.27. The summed E-state index contributed by atoms with van der Waals surface area (Å²) in [5, 5.41) is 11.3. The molecule has 0 saturated heterocycles. The summed E-state index contributed by atoms with van der Waals surface area (Å²) in [4.78, 5) is 0. The molecule has 4 nitrogen and oxygen atoms in total. The Morgan fingerprint density at radius 3 is 2.79 bits per heavy atom. The predicted octanol–water partition coefficient (Wildman–Crippen LogP) is 3.73. The van der Waals surface area contributed by atoms with Crippen molar-refractivity contribution < 1.29 is 4.42 Å². The molecule has 0 atom stereocenters. The lowest BCUT2D eigenvalue weighted by molar-refractivity contribution is 0.361. The first-order valence-electron chi connectivity index (χ1n) is 6.94. The largest absolute Gasteiger partial charge is 0.423 e. The summed E-state index contributed by atoms with van der Waals surface area (Å²) in [5.41, 5.74) is 2.10. The topological polar surface area (TPSA) is 51.0 Å². The fourth-order valence-corrected chi connectivity index (χ4v) is 2.68. The van der Waals surface area contributed by atoms with Crippen LogP contribution in [0.5, 0.6) is 0 Å². The molecule has 3 rings (SSSR count). The Hall–Kier alpha value is -1.84. The minimum atomic E-state index is 0.570. The van der Waals surface area contributed by atoms with E-state index in [-0.39, 0.29) is 0 Å². The van der Waals surface area contributed by atoms with Crippen LogP contribution in [-0.4, -0.2) is 16.2 Å². The average Bonchev–Trinajstić information content (AvgIpc) is 2.96. The highest BCUT2D eigenvalue weighted by molar-refractivity contribution is 5.61. The van der Waals surface area contributed by atoms with E-state index in [0.717, 1.165) is 17.2 Å². The average molecular weight is 257 g/mol. The molecule has 1 aromatic heterocycles. The van der Waals surface area contributed by atoms with E-state index in [4.69, 9.17) is 4.42 Å². The van der Waals surface area contributed by atoms with Gasteiger partial charge in [-0.2, -0.15) is 0 Å². The second kappa shape index (κ2) is 5.43. The highest BCUT2D eigenvalue weighted by atomic mass is 16.4. The van der Waals surface area contributed by atoms with Gasteiger partial charge in [0.25, 0.3) is 0 Å². The third-order valence-corrected chi connectivity index (χ3v) is 3.86. The summed E-state index contributed by atoms with van der Waals surface area (Å²) in [6, 6.07) is 8.77. The molecule has 1 aliphatic rings. The standard InChI is InChI=1S/C15H19N3O/c1-11-5-7-13(8-6-11)17-14-4-2-3-12(9-14)15-18-16-10-19-15/h2-4,9-11,13,17H,5-8H2,1H3. The Morgan fingerprint density at radius 2 is 2.05 bits per heavy atom. The number of nitrogens with zero attached hydrogens (tertiary/aromatic N) is 2. The van der Waals surface area contributed by atoms with Crippen LogP contribution < -0.4 is 5.32 Å². The zero-order chi connectivity index (χ0) is 13.1. The first kappa shape index (κ1) is 12.2. The molecule has 1 fully saturated rings. The van der Waals surface area contributed by atoms with Gasteiger partial charge in [0, 0.05) is 17.3 Å². The maximum Gasteiger partial charge on any atom is 0.247 e. The zero-order valence-electron chi connectivity index (χ0n) is 11.2. The second-order valence-electron chi connectivity index (χ2n) is 5.43. The summed E-state index contributed by atoms with van der Waals surface area (Å²) in [5.74, 6) is 1.45. The van der Waals surface area contributed by atoms with E-state index in [9.17, 15) is 0 Å². The molecule has 1 N–H and O–H groups in total. The van der Waals surface area contributed by atoms with Crippen molar-refractivity contribution in [3.63, 3.8) is 0 Å². The van der Waals surface area contributed by atoms with Crippen LogP contribution in [0.15, 0.2) is 35.1 Å². The predicted molar refractivity (Wildman–Crippen MR) is 74.8 cm³/mol. The lowest BCUT2D eigenvalue weighted by Crippen LogP contribution is -2.25. The quantitative estimate of drug-likeness (QED) is 0.910. The number of aromatic nitrogens is 2. The van der Waals surface area contributed by atoms with Crippen LogP contribution in [-0.2, 0) is 0 Å². The summed E-state index contributed by atoms with van der Waals surface area (Å²) < 4.78 is 5.23. The molecule has 2 aromatic rings. The van der Waals surface area contributed by atoms with Crippen molar-refractivity contribution in [1.82, 2.24) is 10.2 Å². The smallest absolute Gasteiger partial charge is 0.247 e. The van der Waals surface area contributed by atoms with E-state index in [1.54, 1.807) is 0 Å². The molecule has 100 valence electrons. The highest BCUT2D eigenvalue weighted by Gasteiger charge is 2.18. The number of nitrogens with one attached hydrogen (secondary N) is 1. The normalized spacial score (nSPS) is 23.2. The molecule has 4 heteroatoms. The number of benzene rings is 1. The molecule has 1 saturated carbocycles. The monoisotopic (exact) mass is 257 g/mol. The van der Waals surface area contributed by atoms with Crippen molar-refractivity contribution in [3.05, 3.63) is 30.7 Å². The van der Waals surface area contributed by atoms with Crippen molar-refractivity contribution in [3.8, 4) is 11.5 Å². The van der Waals surface area contributed by atoms with Gasteiger partial charge in [0.1, 0.15) is 0 Å². The zero-order valence-corrected chi connectivity index (χ0v) is 11.2. The van der Waals surface area contributed by atoms with Gasteiger partial charge in [-0.3, -0.25) is 0 Å². The summed E-state index contributed by atoms with van der Waals surface area (Å²) in [6.07, 6.45) is 6.51. The number of hydrogen-bond acceptors (Lipinski definition) is 4. The Morgan fingerprint density at radius 1 is 1.21 bits per heavy atom. The molecule has 0 aliphatic heterocycles. The Kier molecular flexibility index (Phi) is 3.49. The van der Waals surface area contributed by atoms with Gasteiger partial charge in [-0.05, 0) is 49.8 Å². The Bertz CT molecular complexity index is 516. The van der Waals surface area contributed by atoms with Crippen molar-refractivity contribution >= 4 is 5.69 Å². The fourth-order valence-electron chi connectivity index (χ4n) is 2.68. The molecule has 0 amide bonds. The van der Waals surface area contributed by atoms with Gasteiger partial charge >= 0.3 is 0 Å². The van der Waals surface area contributed by atoms with Crippen LogP contribution in [0.4, 0.5) is 5.69 Å². The number of anilines is 1. The molecule has 0 bridgehead atoms. The van der Waals surface area contributed by atoms with Crippen LogP contribution >= 0.6 is 0 Å². The van der Waals surface area contributed by atoms with E-state index in [1.165, 1.54) is 32.1 Å². The van der Waals surface area contributed by atoms with Crippen LogP contribution in [0.3, 0.4) is 0 Å². The minimum Gasteiger partial charge on any atom is -0.423 e. The molecule has 19 heavy (non-hydrogen) atoms. The van der Waals surface area contributed by atoms with E-state index < -0.39 is 0 Å². The van der Waals surface area contributed by atoms with Gasteiger partial charge in [0.2, 0.25) is 12.3 Å². The molecule has 1 aliphatic carbocycles. The molecular formula is C15H19N3O. The van der Waals surface area contributed by atoms with E-state index in [0.29, 0.717) is 11.9 Å². The summed E-state index contributed by atoms with van der Waals surface area (Å²) >= 11 is 0. The number of rotatable bonds is 3. The second-order valence-corrected chi connectivity index (χ2v) is 5.43. The summed E-state index contributed by atoms with van der Waals surface area (Å²) in [7, 11) is 0. The van der Waals surface area contributed by atoms with E-state index in [2.05, 4.69) is 34.6 Å². The van der Waals surface area contributed by atoms with Gasteiger partial charge in [0.05, 0.1) is 0 Å². The van der Waals surface area contributed by atoms with Crippen LogP contribution in [0, 0.1) is 5.92 Å². The maximum atomic E-state index is 5.23. The fraction of sp³-hybridized carbons (Fsp3) is 0.467. The number of hydrogen-bond donors (Lipinski definition) is 1. The van der Waals surface area contributed by atoms with Gasteiger partial charge in [-0.15, -0.1) is 10.2 Å². The Balaban J connectivity index is 1.70. The molecular weight excluding hydrogens is 238 g/mol. The molecule has 0 unspecified atom stereocenters. The SMILES string of the molecule is CC1CCC(Nc2cccc(-c3nnco3)c2)CC1. The highest BCUT2D eigenvalue weighted by Crippen LogP contribution is 2.27. The minimum absolute atomic E-state index is 0.570. The van der Waals surface area contributed by atoms with Crippen LogP contribution in [0.2, 0.25) is 0 Å². The molecule has 1 aromatic carbocycles. The first-order valence-corrected chi connectivity index (χ1v) is 6.94. The van der Waals surface area contributed by atoms with Crippen molar-refractivity contribution in [2.75, 3.05) is 5.32 Å². The van der Waals surface area contributed by atoms with E-state index >= 15 is 0 Å². The van der Waals surface area contributed by atoms with Gasteiger partial charge in [0.15, 0.2) is 0 Å². The Labute approximate surface area is 113 Å². The van der Waals surface area contributed by atoms with E-state index in [1.807, 2.05) is 12.1 Å². The molecule has 0 spiro atoms. The van der Waals surface area contributed by atoms with Gasteiger partial charge in [-0.25, -0.2) is 0 Å². The first-order chi connectivity index (χ1) is 9.31. The lowest BCUT2D eigenvalue weighted by atomic mass is 9.87. The third-order valence-electron chi connectivity index (χ3n) is 3.86. The van der Waals surface area contributed by atoms with Crippen LogP contribution in [0.1, 0.15) is 32.6 Å². The van der Waals surface area contributed by atoms with Crippen molar-refractivity contribution in [2.24, 2.45) is 5.92 Å². The van der Waals surface area contributed by atoms with Crippen LogP contribution in [0.25, 0.3) is 11.5 Å².